The number of fused-ring (bicyclic) bond motifs is 1. The SMILES string of the molecule is CC[C@H](Nc1ccc2c(-c3ccccc3C)cc(=O)oc2c1)C(N)=O. The van der Waals surface area contributed by atoms with E-state index in [9.17, 15) is 9.59 Å². The molecule has 0 fully saturated rings. The number of aryl methyl sites for hydroxylation is 1. The zero-order chi connectivity index (χ0) is 18.0. The summed E-state index contributed by atoms with van der Waals surface area (Å²) < 4.78 is 5.37. The smallest absolute Gasteiger partial charge is 0.336 e. The van der Waals surface area contributed by atoms with Crippen molar-refractivity contribution in [1.29, 1.82) is 0 Å². The minimum absolute atomic E-state index is 0.412. The Kier molecular flexibility index (Phi) is 4.57. The second kappa shape index (κ2) is 6.81. The predicted octanol–water partition coefficient (Wildman–Crippen LogP) is 3.44. The van der Waals surface area contributed by atoms with Gasteiger partial charge in [-0.1, -0.05) is 31.2 Å². The third-order valence-electron chi connectivity index (χ3n) is 4.27. The lowest BCUT2D eigenvalue weighted by atomic mass is 9.98. The molecule has 0 aliphatic rings. The van der Waals surface area contributed by atoms with Crippen molar-refractivity contribution in [1.82, 2.24) is 0 Å². The average molecular weight is 336 g/mol. The Hall–Kier alpha value is -3.08. The molecule has 128 valence electrons. The zero-order valence-corrected chi connectivity index (χ0v) is 14.2. The fourth-order valence-corrected chi connectivity index (χ4v) is 2.93. The van der Waals surface area contributed by atoms with Crippen LogP contribution < -0.4 is 16.7 Å². The maximum absolute atomic E-state index is 12.0. The molecule has 5 nitrogen and oxygen atoms in total. The molecule has 0 saturated carbocycles. The van der Waals surface area contributed by atoms with E-state index in [1.165, 1.54) is 6.07 Å². The molecule has 1 atom stereocenters. The highest BCUT2D eigenvalue weighted by atomic mass is 16.4. The van der Waals surface area contributed by atoms with Crippen LogP contribution in [-0.4, -0.2) is 11.9 Å². The average Bonchev–Trinajstić information content (AvgIpc) is 2.58. The predicted molar refractivity (Wildman–Crippen MR) is 99.6 cm³/mol. The van der Waals surface area contributed by atoms with Crippen molar-refractivity contribution >= 4 is 22.6 Å². The molecule has 2 aromatic carbocycles. The first-order chi connectivity index (χ1) is 12.0. The van der Waals surface area contributed by atoms with E-state index in [4.69, 9.17) is 10.2 Å². The summed E-state index contributed by atoms with van der Waals surface area (Å²) in [5, 5.41) is 3.91. The molecule has 3 N–H and O–H groups in total. The van der Waals surface area contributed by atoms with Gasteiger partial charge in [-0.15, -0.1) is 0 Å². The van der Waals surface area contributed by atoms with Crippen LogP contribution in [0.25, 0.3) is 22.1 Å². The number of carbonyl (C=O) groups is 1. The van der Waals surface area contributed by atoms with Crippen molar-refractivity contribution < 1.29 is 9.21 Å². The molecular weight excluding hydrogens is 316 g/mol. The number of amides is 1. The second-order valence-corrected chi connectivity index (χ2v) is 6.01. The van der Waals surface area contributed by atoms with Gasteiger partial charge in [0.05, 0.1) is 0 Å². The molecule has 1 aromatic heterocycles. The number of hydrogen-bond acceptors (Lipinski definition) is 4. The zero-order valence-electron chi connectivity index (χ0n) is 14.2. The van der Waals surface area contributed by atoms with Crippen LogP contribution in [0.1, 0.15) is 18.9 Å². The largest absolute Gasteiger partial charge is 0.423 e. The Morgan fingerprint density at radius 1 is 1.16 bits per heavy atom. The van der Waals surface area contributed by atoms with Crippen molar-refractivity contribution in [2.45, 2.75) is 26.3 Å². The topological polar surface area (TPSA) is 85.3 Å². The van der Waals surface area contributed by atoms with Gasteiger partial charge in [0, 0.05) is 28.8 Å². The van der Waals surface area contributed by atoms with E-state index in [1.54, 1.807) is 6.07 Å². The van der Waals surface area contributed by atoms with Crippen LogP contribution >= 0.6 is 0 Å². The van der Waals surface area contributed by atoms with Gasteiger partial charge in [0.1, 0.15) is 11.6 Å². The lowest BCUT2D eigenvalue weighted by Gasteiger charge is -2.15. The molecule has 3 aromatic rings. The first kappa shape index (κ1) is 16.8. The molecule has 0 spiro atoms. The minimum atomic E-state index is -0.469. The lowest BCUT2D eigenvalue weighted by Crippen LogP contribution is -2.34. The Morgan fingerprint density at radius 2 is 1.92 bits per heavy atom. The molecule has 3 rings (SSSR count). The summed E-state index contributed by atoms with van der Waals surface area (Å²) in [7, 11) is 0. The van der Waals surface area contributed by atoms with Crippen molar-refractivity contribution in [2.24, 2.45) is 5.73 Å². The van der Waals surface area contributed by atoms with Gasteiger partial charge in [-0.2, -0.15) is 0 Å². The maximum Gasteiger partial charge on any atom is 0.336 e. The van der Waals surface area contributed by atoms with Gasteiger partial charge in [-0.05, 0) is 36.6 Å². The summed E-state index contributed by atoms with van der Waals surface area (Å²) in [6.07, 6.45) is 0.570. The number of nitrogens with one attached hydrogen (secondary N) is 1. The van der Waals surface area contributed by atoms with E-state index in [-0.39, 0.29) is 0 Å². The van der Waals surface area contributed by atoms with E-state index in [0.717, 1.165) is 22.1 Å². The first-order valence-corrected chi connectivity index (χ1v) is 8.19. The van der Waals surface area contributed by atoms with Gasteiger partial charge >= 0.3 is 5.63 Å². The van der Waals surface area contributed by atoms with Gasteiger partial charge in [0.25, 0.3) is 0 Å². The molecule has 1 heterocycles. The van der Waals surface area contributed by atoms with Crippen LogP contribution in [-0.2, 0) is 4.79 Å². The van der Waals surface area contributed by atoms with E-state index in [1.807, 2.05) is 50.2 Å². The van der Waals surface area contributed by atoms with Gasteiger partial charge < -0.3 is 15.5 Å². The molecule has 25 heavy (non-hydrogen) atoms. The van der Waals surface area contributed by atoms with Crippen LogP contribution in [0.3, 0.4) is 0 Å². The number of hydrogen-bond donors (Lipinski definition) is 2. The summed E-state index contributed by atoms with van der Waals surface area (Å²) in [5.41, 5.74) is 9.01. The van der Waals surface area contributed by atoms with E-state index in [2.05, 4.69) is 5.32 Å². The summed E-state index contributed by atoms with van der Waals surface area (Å²) in [5.74, 6) is -0.419. The summed E-state index contributed by atoms with van der Waals surface area (Å²) in [6.45, 7) is 3.88. The van der Waals surface area contributed by atoms with Crippen LogP contribution in [0, 0.1) is 6.92 Å². The molecule has 0 saturated heterocycles. The van der Waals surface area contributed by atoms with Gasteiger partial charge in [0.2, 0.25) is 5.91 Å². The first-order valence-electron chi connectivity index (χ1n) is 8.19. The Balaban J connectivity index is 2.12. The molecule has 0 bridgehead atoms. The fraction of sp³-hybridized carbons (Fsp3) is 0.200. The fourth-order valence-electron chi connectivity index (χ4n) is 2.93. The van der Waals surface area contributed by atoms with Crippen molar-refractivity contribution in [3.8, 4) is 11.1 Å². The molecule has 0 unspecified atom stereocenters. The number of nitrogens with two attached hydrogens (primary N) is 1. The Bertz CT molecular complexity index is 992. The number of primary amides is 1. The van der Waals surface area contributed by atoms with Gasteiger partial charge in [-0.3, -0.25) is 4.79 Å². The molecule has 1 amide bonds. The van der Waals surface area contributed by atoms with Crippen LogP contribution in [0.15, 0.2) is 57.7 Å². The third kappa shape index (κ3) is 3.40. The van der Waals surface area contributed by atoms with E-state index < -0.39 is 17.6 Å². The standard InChI is InChI=1S/C20H20N2O3/c1-3-17(20(21)24)22-13-8-9-15-16(11-19(23)25-18(15)10-13)14-7-5-4-6-12(14)2/h4-11,17,22H,3H2,1-2H3,(H2,21,24)/t17-/m0/s1. The molecular formula is C20H20N2O3. The third-order valence-corrected chi connectivity index (χ3v) is 4.27. The number of anilines is 1. The molecule has 0 aliphatic heterocycles. The van der Waals surface area contributed by atoms with Crippen molar-refractivity contribution in [3.63, 3.8) is 0 Å². The van der Waals surface area contributed by atoms with Crippen LogP contribution in [0.5, 0.6) is 0 Å². The second-order valence-electron chi connectivity index (χ2n) is 6.01. The molecule has 5 heteroatoms. The molecule has 0 radical (unpaired) electrons. The van der Waals surface area contributed by atoms with Gasteiger partial charge in [0.15, 0.2) is 0 Å². The summed E-state index contributed by atoms with van der Waals surface area (Å²) in [4.78, 5) is 23.4. The van der Waals surface area contributed by atoms with Crippen LogP contribution in [0.2, 0.25) is 0 Å². The number of carbonyl (C=O) groups excluding carboxylic acids is 1. The highest BCUT2D eigenvalue weighted by Crippen LogP contribution is 2.31. The minimum Gasteiger partial charge on any atom is -0.423 e. The highest BCUT2D eigenvalue weighted by Gasteiger charge is 2.14. The summed E-state index contributed by atoms with van der Waals surface area (Å²) >= 11 is 0. The summed E-state index contributed by atoms with van der Waals surface area (Å²) in [6, 6.07) is 14.4. The van der Waals surface area contributed by atoms with Crippen LogP contribution in [0.4, 0.5) is 5.69 Å². The maximum atomic E-state index is 12.0. The monoisotopic (exact) mass is 336 g/mol. The quantitative estimate of drug-likeness (QED) is 0.699. The number of rotatable bonds is 5. The normalized spacial score (nSPS) is 12.1. The van der Waals surface area contributed by atoms with Crippen molar-refractivity contribution in [3.05, 3.63) is 64.5 Å². The lowest BCUT2D eigenvalue weighted by molar-refractivity contribution is -0.118. The molecule has 0 aliphatic carbocycles. The van der Waals surface area contributed by atoms with Gasteiger partial charge in [-0.25, -0.2) is 4.79 Å². The Labute approximate surface area is 145 Å². The highest BCUT2D eigenvalue weighted by molar-refractivity contribution is 5.95. The van der Waals surface area contributed by atoms with Crippen molar-refractivity contribution in [2.75, 3.05) is 5.32 Å². The van der Waals surface area contributed by atoms with E-state index >= 15 is 0 Å². The Morgan fingerprint density at radius 3 is 2.60 bits per heavy atom. The van der Waals surface area contributed by atoms with E-state index in [0.29, 0.717) is 17.7 Å². The number of benzene rings is 2.